The highest BCUT2D eigenvalue weighted by atomic mass is 35.5. The molecule has 7 heteroatoms. The van der Waals surface area contributed by atoms with Gasteiger partial charge in [-0.2, -0.15) is 13.2 Å². The Hall–Kier alpha value is -0.940. The molecular weight excluding hydrogens is 290 g/mol. The summed E-state index contributed by atoms with van der Waals surface area (Å²) in [6.07, 6.45) is -4.44. The molecule has 0 saturated carbocycles. The van der Waals surface area contributed by atoms with Crippen LogP contribution in [0.4, 0.5) is 13.2 Å². The minimum Gasteiger partial charge on any atom is -0.330 e. The van der Waals surface area contributed by atoms with Crippen LogP contribution in [0.3, 0.4) is 0 Å². The fraction of sp³-hybridized carbons (Fsp3) is 0.364. The number of nitrogens with zero attached hydrogens (tertiary/aromatic N) is 1. The zero-order valence-electron chi connectivity index (χ0n) is 9.39. The lowest BCUT2D eigenvalue weighted by atomic mass is 10.2. The van der Waals surface area contributed by atoms with E-state index in [1.165, 1.54) is 25.1 Å². The van der Waals surface area contributed by atoms with E-state index >= 15 is 0 Å². The molecule has 18 heavy (non-hydrogen) atoms. The molecule has 1 amide bonds. The molecule has 100 valence electrons. The fourth-order valence-corrected chi connectivity index (χ4v) is 1.87. The maximum atomic E-state index is 12.3. The summed E-state index contributed by atoms with van der Waals surface area (Å²) in [5.74, 6) is -0.767. The summed E-state index contributed by atoms with van der Waals surface area (Å²) in [6.45, 7) is 0.103. The van der Waals surface area contributed by atoms with Crippen LogP contribution in [0.5, 0.6) is 0 Å². The first-order valence-corrected chi connectivity index (χ1v) is 5.81. The highest BCUT2D eigenvalue weighted by molar-refractivity contribution is 6.36. The molecule has 0 heterocycles. The third-order valence-electron chi connectivity index (χ3n) is 2.20. The van der Waals surface area contributed by atoms with Crippen molar-refractivity contribution in [2.24, 2.45) is 0 Å². The van der Waals surface area contributed by atoms with Crippen LogP contribution in [-0.4, -0.2) is 30.1 Å². The second-order valence-corrected chi connectivity index (χ2v) is 4.40. The molecule has 1 rings (SSSR count). The van der Waals surface area contributed by atoms with E-state index < -0.39 is 18.6 Å². The number of rotatable bonds is 3. The predicted molar refractivity (Wildman–Crippen MR) is 64.1 cm³/mol. The number of amides is 1. The number of carbonyl (C=O) groups excluding carboxylic acids is 1. The van der Waals surface area contributed by atoms with Gasteiger partial charge in [0.15, 0.2) is 0 Å². The van der Waals surface area contributed by atoms with Gasteiger partial charge in [0.1, 0.15) is 6.54 Å². The zero-order valence-corrected chi connectivity index (χ0v) is 10.9. The lowest BCUT2D eigenvalue weighted by Gasteiger charge is -2.22. The van der Waals surface area contributed by atoms with E-state index in [-0.39, 0.29) is 17.1 Å². The van der Waals surface area contributed by atoms with Gasteiger partial charge in [0, 0.05) is 11.6 Å². The molecule has 1 aromatic rings. The Morgan fingerprint density at radius 3 is 2.39 bits per heavy atom. The summed E-state index contributed by atoms with van der Waals surface area (Å²) in [4.78, 5) is 12.6. The average Bonchev–Trinajstić information content (AvgIpc) is 2.24. The lowest BCUT2D eigenvalue weighted by molar-refractivity contribution is -0.140. The highest BCUT2D eigenvalue weighted by Crippen LogP contribution is 2.24. The van der Waals surface area contributed by atoms with E-state index in [0.29, 0.717) is 9.92 Å². The lowest BCUT2D eigenvalue weighted by Crippen LogP contribution is -2.38. The van der Waals surface area contributed by atoms with E-state index in [1.807, 2.05) is 0 Å². The van der Waals surface area contributed by atoms with Gasteiger partial charge in [-0.25, -0.2) is 0 Å². The second-order valence-electron chi connectivity index (χ2n) is 3.56. The number of hydrogen-bond donors (Lipinski definition) is 0. The minimum absolute atomic E-state index is 0.00664. The Bertz CT molecular complexity index is 448. The summed E-state index contributed by atoms with van der Waals surface area (Å²) < 4.78 is 36.9. The third-order valence-corrected chi connectivity index (χ3v) is 2.75. The number of hydrogen-bond acceptors (Lipinski definition) is 1. The monoisotopic (exact) mass is 299 g/mol. The van der Waals surface area contributed by atoms with Crippen LogP contribution in [0.1, 0.15) is 17.3 Å². The van der Waals surface area contributed by atoms with Crippen molar-refractivity contribution in [3.05, 3.63) is 33.8 Å². The molecular formula is C11H10Cl2F3NO. The van der Waals surface area contributed by atoms with Gasteiger partial charge in [-0.05, 0) is 25.1 Å². The maximum Gasteiger partial charge on any atom is 0.406 e. The first kappa shape index (κ1) is 15.1. The van der Waals surface area contributed by atoms with Crippen molar-refractivity contribution >= 4 is 29.1 Å². The van der Waals surface area contributed by atoms with Crippen molar-refractivity contribution < 1.29 is 18.0 Å². The first-order chi connectivity index (χ1) is 8.24. The largest absolute Gasteiger partial charge is 0.406 e. The zero-order chi connectivity index (χ0) is 13.9. The van der Waals surface area contributed by atoms with Crippen molar-refractivity contribution in [2.75, 3.05) is 13.1 Å². The quantitative estimate of drug-likeness (QED) is 0.825. The van der Waals surface area contributed by atoms with Gasteiger partial charge in [-0.3, -0.25) is 4.79 Å². The van der Waals surface area contributed by atoms with E-state index in [1.54, 1.807) is 0 Å². The topological polar surface area (TPSA) is 20.3 Å². The second kappa shape index (κ2) is 5.80. The molecule has 0 aromatic heterocycles. The van der Waals surface area contributed by atoms with E-state index in [2.05, 4.69) is 0 Å². The molecule has 0 N–H and O–H groups in total. The van der Waals surface area contributed by atoms with Crippen LogP contribution >= 0.6 is 23.2 Å². The Labute approximate surface area is 112 Å². The normalized spacial score (nSPS) is 11.4. The standard InChI is InChI=1S/C11H10Cl2F3NO/c1-2-17(6-11(14,15)16)10(18)8-4-3-7(12)5-9(8)13/h3-5H,2,6H2,1H3. The van der Waals surface area contributed by atoms with Crippen LogP contribution in [0.25, 0.3) is 0 Å². The summed E-state index contributed by atoms with van der Waals surface area (Å²) >= 11 is 11.4. The van der Waals surface area contributed by atoms with Crippen LogP contribution < -0.4 is 0 Å². The van der Waals surface area contributed by atoms with Gasteiger partial charge in [0.2, 0.25) is 0 Å². The fourth-order valence-electron chi connectivity index (χ4n) is 1.38. The molecule has 0 radical (unpaired) electrons. The molecule has 0 saturated heterocycles. The maximum absolute atomic E-state index is 12.3. The molecule has 0 atom stereocenters. The van der Waals surface area contributed by atoms with Crippen molar-refractivity contribution in [1.82, 2.24) is 4.90 Å². The Kier molecular flexibility index (Phi) is 4.87. The van der Waals surface area contributed by atoms with E-state index in [9.17, 15) is 18.0 Å². The van der Waals surface area contributed by atoms with Gasteiger partial charge in [-0.15, -0.1) is 0 Å². The highest BCUT2D eigenvalue weighted by Gasteiger charge is 2.33. The third kappa shape index (κ3) is 4.07. The van der Waals surface area contributed by atoms with Gasteiger partial charge in [0.25, 0.3) is 5.91 Å². The molecule has 1 aromatic carbocycles. The van der Waals surface area contributed by atoms with Crippen LogP contribution in [0, 0.1) is 0 Å². The van der Waals surface area contributed by atoms with Gasteiger partial charge < -0.3 is 4.90 Å². The summed E-state index contributed by atoms with van der Waals surface area (Å²) in [5, 5.41) is 0.351. The number of halogens is 5. The molecule has 0 aliphatic rings. The summed E-state index contributed by atoms with van der Waals surface area (Å²) in [7, 11) is 0. The minimum atomic E-state index is -4.44. The van der Waals surface area contributed by atoms with E-state index in [4.69, 9.17) is 23.2 Å². The summed E-state index contributed by atoms with van der Waals surface area (Å²) in [5.41, 5.74) is 0.00664. The predicted octanol–water partition coefficient (Wildman–Crippen LogP) is 4.02. The van der Waals surface area contributed by atoms with Crippen LogP contribution in [0.2, 0.25) is 10.0 Å². The molecule has 2 nitrogen and oxygen atoms in total. The molecule has 0 bridgehead atoms. The molecule has 0 aliphatic heterocycles. The van der Waals surface area contributed by atoms with Crippen LogP contribution in [0.15, 0.2) is 18.2 Å². The number of benzene rings is 1. The summed E-state index contributed by atoms with van der Waals surface area (Å²) in [6, 6.07) is 4.03. The molecule has 0 aliphatic carbocycles. The van der Waals surface area contributed by atoms with Crippen molar-refractivity contribution in [3.8, 4) is 0 Å². The van der Waals surface area contributed by atoms with Crippen molar-refractivity contribution in [1.29, 1.82) is 0 Å². The molecule has 0 fully saturated rings. The van der Waals surface area contributed by atoms with Gasteiger partial charge >= 0.3 is 6.18 Å². The number of alkyl halides is 3. The number of carbonyl (C=O) groups is 1. The Morgan fingerprint density at radius 2 is 1.94 bits per heavy atom. The van der Waals surface area contributed by atoms with E-state index in [0.717, 1.165) is 0 Å². The van der Waals surface area contributed by atoms with Crippen molar-refractivity contribution in [3.63, 3.8) is 0 Å². The average molecular weight is 300 g/mol. The van der Waals surface area contributed by atoms with Gasteiger partial charge in [-0.1, -0.05) is 23.2 Å². The smallest absolute Gasteiger partial charge is 0.330 e. The molecule has 0 unspecified atom stereocenters. The molecule has 0 spiro atoms. The van der Waals surface area contributed by atoms with Crippen molar-refractivity contribution in [2.45, 2.75) is 13.1 Å². The first-order valence-electron chi connectivity index (χ1n) is 5.05. The Balaban J connectivity index is 2.97. The van der Waals surface area contributed by atoms with Crippen LogP contribution in [-0.2, 0) is 0 Å². The van der Waals surface area contributed by atoms with Gasteiger partial charge in [0.05, 0.1) is 10.6 Å². The Morgan fingerprint density at radius 1 is 1.33 bits per heavy atom. The SMILES string of the molecule is CCN(CC(F)(F)F)C(=O)c1ccc(Cl)cc1Cl.